The number of thiocarbonyl (C=S) groups is 2. The molecule has 46 heavy (non-hydrogen) atoms. The van der Waals surface area contributed by atoms with E-state index in [-0.39, 0.29) is 29.2 Å². The Labute approximate surface area is 290 Å². The van der Waals surface area contributed by atoms with Crippen molar-refractivity contribution >= 4 is 80.2 Å². The van der Waals surface area contributed by atoms with E-state index in [0.29, 0.717) is 69.2 Å². The first-order valence-electron chi connectivity index (χ1n) is 17.6. The Morgan fingerprint density at radius 3 is 2.02 bits per heavy atom. The molecule has 8 rings (SSSR count). The van der Waals surface area contributed by atoms with Crippen molar-refractivity contribution in [2.75, 3.05) is 13.1 Å². The summed E-state index contributed by atoms with van der Waals surface area (Å²) in [7, 11) is 0. The van der Waals surface area contributed by atoms with Crippen LogP contribution in [0.5, 0.6) is 0 Å². The van der Waals surface area contributed by atoms with Crippen LogP contribution < -0.4 is 10.6 Å². The zero-order chi connectivity index (χ0) is 31.7. The first-order chi connectivity index (χ1) is 22.1. The molecule has 2 heterocycles. The van der Waals surface area contributed by atoms with Gasteiger partial charge in [0.25, 0.3) is 11.8 Å². The maximum Gasteiger partial charge on any atom is 0.267 e. The molecule has 248 valence electrons. The van der Waals surface area contributed by atoms with Crippen LogP contribution in [0.3, 0.4) is 0 Å². The van der Waals surface area contributed by atoms with Gasteiger partial charge in [-0.3, -0.25) is 29.0 Å². The molecule has 2 N–H and O–H groups in total. The number of fused-ring (bicyclic) bond motifs is 4. The van der Waals surface area contributed by atoms with E-state index in [9.17, 15) is 19.2 Å². The third-order valence-electron chi connectivity index (χ3n) is 12.7. The van der Waals surface area contributed by atoms with Gasteiger partial charge in [0.15, 0.2) is 0 Å². The molecule has 0 aromatic heterocycles. The minimum atomic E-state index is -0.285. The molecule has 0 spiro atoms. The Bertz CT molecular complexity index is 1410. The van der Waals surface area contributed by atoms with Crippen LogP contribution in [-0.2, 0) is 19.2 Å². The zero-order valence-electron chi connectivity index (χ0n) is 26.3. The monoisotopic (exact) mass is 700 g/mol. The predicted molar refractivity (Wildman–Crippen MR) is 187 cm³/mol. The van der Waals surface area contributed by atoms with Crippen molar-refractivity contribution in [3.05, 3.63) is 9.81 Å². The number of nitrogens with one attached hydrogen (secondary N) is 2. The maximum absolute atomic E-state index is 13.4. The molecule has 6 saturated carbocycles. The fourth-order valence-corrected chi connectivity index (χ4v) is 13.9. The van der Waals surface area contributed by atoms with Gasteiger partial charge < -0.3 is 10.6 Å². The van der Waals surface area contributed by atoms with Gasteiger partial charge in [-0.1, -0.05) is 54.4 Å². The molecule has 0 unspecified atom stereocenters. The fourth-order valence-electron chi connectivity index (χ4n) is 11.1. The molecule has 2 saturated heterocycles. The van der Waals surface area contributed by atoms with Crippen LogP contribution >= 0.6 is 48.0 Å². The van der Waals surface area contributed by atoms with Crippen molar-refractivity contribution < 1.29 is 19.2 Å². The second-order valence-corrected chi connectivity index (χ2v) is 19.0. The summed E-state index contributed by atoms with van der Waals surface area (Å²) in [6.07, 6.45) is 15.5. The van der Waals surface area contributed by atoms with E-state index in [2.05, 4.69) is 10.6 Å². The van der Waals surface area contributed by atoms with Gasteiger partial charge in [-0.05, 0) is 118 Å². The Balaban J connectivity index is 0.805. The summed E-state index contributed by atoms with van der Waals surface area (Å²) >= 11 is 13.4. The van der Waals surface area contributed by atoms with Gasteiger partial charge in [-0.2, -0.15) is 0 Å². The van der Waals surface area contributed by atoms with Gasteiger partial charge in [0, 0.05) is 37.5 Å². The molecule has 0 aromatic carbocycles. The normalized spacial score (nSPS) is 40.5. The zero-order valence-corrected chi connectivity index (χ0v) is 29.6. The van der Waals surface area contributed by atoms with Crippen molar-refractivity contribution in [3.8, 4) is 0 Å². The lowest BCUT2D eigenvalue weighted by molar-refractivity contribution is -0.125. The summed E-state index contributed by atoms with van der Waals surface area (Å²) in [5, 5.41) is 6.75. The highest BCUT2D eigenvalue weighted by Crippen LogP contribution is 2.57. The van der Waals surface area contributed by atoms with Crippen LogP contribution in [-0.4, -0.2) is 66.7 Å². The smallest absolute Gasteiger partial charge is 0.267 e. The van der Waals surface area contributed by atoms with Gasteiger partial charge in [0.1, 0.15) is 8.64 Å². The number of thioether (sulfide) groups is 2. The van der Waals surface area contributed by atoms with E-state index in [0.717, 1.165) is 84.7 Å². The summed E-state index contributed by atoms with van der Waals surface area (Å²) < 4.78 is 0.820. The molecule has 9 atom stereocenters. The molecule has 0 radical (unpaired) electrons. The van der Waals surface area contributed by atoms with Crippen molar-refractivity contribution in [2.24, 2.45) is 41.4 Å². The highest BCUT2D eigenvalue weighted by atomic mass is 32.2. The quantitative estimate of drug-likeness (QED) is 0.228. The van der Waals surface area contributed by atoms with Gasteiger partial charge >= 0.3 is 0 Å². The molecular weight excluding hydrogens is 657 g/mol. The van der Waals surface area contributed by atoms with Crippen LogP contribution in [0.4, 0.5) is 0 Å². The summed E-state index contributed by atoms with van der Waals surface area (Å²) in [4.78, 5) is 56.4. The molecule has 12 heteroatoms. The van der Waals surface area contributed by atoms with Crippen LogP contribution in [0.25, 0.3) is 0 Å². The number of carbonyl (C=O) groups excluding carboxylic acids is 4. The first-order valence-corrected chi connectivity index (χ1v) is 20.0. The van der Waals surface area contributed by atoms with Crippen molar-refractivity contribution in [1.82, 2.24) is 20.4 Å². The lowest BCUT2D eigenvalue weighted by Crippen LogP contribution is -2.49. The molecule has 4 amide bonds. The molecule has 8 nitrogen and oxygen atoms in total. The van der Waals surface area contributed by atoms with Crippen LogP contribution in [0.2, 0.25) is 0 Å². The van der Waals surface area contributed by atoms with E-state index in [1.54, 1.807) is 0 Å². The van der Waals surface area contributed by atoms with Crippen molar-refractivity contribution in [2.45, 2.75) is 108 Å². The molecule has 6 aliphatic carbocycles. The third kappa shape index (κ3) is 5.89. The number of carbonyl (C=O) groups is 4. The second-order valence-electron chi connectivity index (χ2n) is 15.7. The Morgan fingerprint density at radius 1 is 0.717 bits per heavy atom. The molecule has 2 aliphatic heterocycles. The maximum atomic E-state index is 13.4. The summed E-state index contributed by atoms with van der Waals surface area (Å²) in [5.74, 6) is 4.95. The van der Waals surface area contributed by atoms with Crippen LogP contribution in [0.15, 0.2) is 9.81 Å². The van der Waals surface area contributed by atoms with E-state index >= 15 is 0 Å². The molecular formula is C34H44N4O4S4. The van der Waals surface area contributed by atoms with Crippen molar-refractivity contribution in [3.63, 3.8) is 0 Å². The number of nitrogens with zero attached hydrogens (tertiary/aromatic N) is 2. The van der Waals surface area contributed by atoms with E-state index < -0.39 is 0 Å². The predicted octanol–water partition coefficient (Wildman–Crippen LogP) is 5.50. The average molecular weight is 701 g/mol. The number of amides is 4. The molecule has 0 aromatic rings. The Kier molecular flexibility index (Phi) is 8.58. The fraction of sp³-hybridized carbons (Fsp3) is 0.765. The van der Waals surface area contributed by atoms with Crippen LogP contribution in [0, 0.1) is 41.4 Å². The summed E-state index contributed by atoms with van der Waals surface area (Å²) in [5.41, 5.74) is -0.0130. The third-order valence-corrected chi connectivity index (χ3v) is 15.7. The van der Waals surface area contributed by atoms with E-state index in [1.165, 1.54) is 54.7 Å². The Hall–Kier alpha value is -1.50. The minimum Gasteiger partial charge on any atom is -0.353 e. The molecule has 6 bridgehead atoms. The number of hydrogen-bond acceptors (Lipinski definition) is 8. The molecule has 8 aliphatic rings. The summed E-state index contributed by atoms with van der Waals surface area (Å²) in [6, 6.07) is 0.304. The lowest BCUT2D eigenvalue weighted by Gasteiger charge is -2.40. The lowest BCUT2D eigenvalue weighted by atomic mass is 9.70. The Morgan fingerprint density at radius 2 is 1.33 bits per heavy atom. The van der Waals surface area contributed by atoms with Gasteiger partial charge in [0.05, 0.1) is 9.81 Å². The minimum absolute atomic E-state index is 0.0130. The highest BCUT2D eigenvalue weighted by molar-refractivity contribution is 8.29. The van der Waals surface area contributed by atoms with Crippen molar-refractivity contribution in [1.29, 1.82) is 0 Å². The standard InChI is InChI=1S/C34H44N4O4S4/c39-26(35-25-14-20-9-19-11-22(12-20)24(25)13-19)3-1-7-37-30(41)28(45-32(37)43)29-31(42)38(33(44)46-29)8-2-4-27(40)36-34-15-18-5-6-21(16-34)23(10-18)17-34/h18-25H,1-17H2,(H,35,39)(H,36,40)/b29-28+/t18-,19+,20+,21+,22-,23+,24-,25+,34+/m0/s1. The summed E-state index contributed by atoms with van der Waals surface area (Å²) in [6.45, 7) is 0.698. The van der Waals surface area contributed by atoms with E-state index in [1.807, 2.05) is 0 Å². The molecule has 8 fully saturated rings. The first kappa shape index (κ1) is 31.7. The van der Waals surface area contributed by atoms with E-state index in [4.69, 9.17) is 24.4 Å². The van der Waals surface area contributed by atoms with Crippen LogP contribution in [0.1, 0.15) is 96.3 Å². The van der Waals surface area contributed by atoms with Gasteiger partial charge in [-0.25, -0.2) is 0 Å². The highest BCUT2D eigenvalue weighted by Gasteiger charge is 2.53. The second kappa shape index (κ2) is 12.4. The number of hydrogen-bond donors (Lipinski definition) is 2. The average Bonchev–Trinajstić information content (AvgIpc) is 3.59. The SMILES string of the molecule is O=C(CCCN1C(=O)/C(=C2\SC(=S)N(CCCC(=O)N[C@]34C[C@H]5CC[C@H](C3)[C@H](C5)C4)C2=O)SC1=S)N[C@@H]1C[C@@H]2C[C@@H]3C[C@@H](C2)[C@@H]1C3. The van der Waals surface area contributed by atoms with Gasteiger partial charge in [0.2, 0.25) is 11.8 Å². The number of rotatable bonds is 10. The topological polar surface area (TPSA) is 98.8 Å². The largest absolute Gasteiger partial charge is 0.353 e. The van der Waals surface area contributed by atoms with Gasteiger partial charge in [-0.15, -0.1) is 0 Å².